The van der Waals surface area contributed by atoms with Crippen LogP contribution in [0.5, 0.6) is 0 Å². The molecule has 1 aliphatic rings. The molecule has 1 heterocycles. The molecular weight excluding hydrogens is 486 g/mol. The summed E-state index contributed by atoms with van der Waals surface area (Å²) >= 11 is 5.72. The van der Waals surface area contributed by atoms with Gasteiger partial charge in [0, 0.05) is 26.3 Å². The van der Waals surface area contributed by atoms with E-state index in [4.69, 9.17) is 16.3 Å². The van der Waals surface area contributed by atoms with Gasteiger partial charge in [0.05, 0.1) is 22.0 Å². The molecule has 192 valence electrons. The second-order valence-electron chi connectivity index (χ2n) is 9.28. The highest BCUT2D eigenvalue weighted by Gasteiger charge is 2.27. The summed E-state index contributed by atoms with van der Waals surface area (Å²) in [5.41, 5.74) is 2.82. The number of nitrogens with one attached hydrogen (secondary N) is 2. The quantitative estimate of drug-likeness (QED) is 0.401. The molecule has 0 radical (unpaired) electrons. The van der Waals surface area contributed by atoms with E-state index in [9.17, 15) is 13.2 Å². The maximum atomic E-state index is 13.8. The van der Waals surface area contributed by atoms with Crippen LogP contribution in [0.25, 0.3) is 0 Å². The Morgan fingerprint density at radius 3 is 2.40 bits per heavy atom. The van der Waals surface area contributed by atoms with Gasteiger partial charge in [0.2, 0.25) is 5.91 Å². The van der Waals surface area contributed by atoms with E-state index in [2.05, 4.69) is 17.6 Å². The lowest BCUT2D eigenvalue weighted by molar-refractivity contribution is -0.113. The zero-order valence-electron chi connectivity index (χ0n) is 20.7. The molecule has 7 nitrogen and oxygen atoms in total. The third-order valence-electron chi connectivity index (χ3n) is 6.06. The third kappa shape index (κ3) is 7.35. The number of benzene rings is 2. The molecule has 1 aliphatic heterocycles. The Kier molecular flexibility index (Phi) is 9.83. The SMILES string of the molecule is CCc1ccc(N(CC(C)C)S(=O)(=O)c2ccc(NCC3CCOCC3)c(NC(=O)CCl)c2)cc1. The van der Waals surface area contributed by atoms with Gasteiger partial charge in [-0.25, -0.2) is 8.42 Å². The van der Waals surface area contributed by atoms with Crippen molar-refractivity contribution in [1.29, 1.82) is 0 Å². The number of anilines is 3. The Balaban J connectivity index is 1.94. The minimum atomic E-state index is -3.88. The van der Waals surface area contributed by atoms with Crippen LogP contribution in [0.4, 0.5) is 17.1 Å². The van der Waals surface area contributed by atoms with Gasteiger partial charge in [-0.2, -0.15) is 0 Å². The summed E-state index contributed by atoms with van der Waals surface area (Å²) in [6.07, 6.45) is 2.80. The number of amides is 1. The average molecular weight is 522 g/mol. The van der Waals surface area contributed by atoms with Crippen molar-refractivity contribution >= 4 is 44.6 Å². The number of rotatable bonds is 11. The topological polar surface area (TPSA) is 87.7 Å². The van der Waals surface area contributed by atoms with Crippen molar-refractivity contribution in [3.05, 3.63) is 48.0 Å². The maximum Gasteiger partial charge on any atom is 0.264 e. The highest BCUT2D eigenvalue weighted by Crippen LogP contribution is 2.31. The average Bonchev–Trinajstić information content (AvgIpc) is 2.87. The number of aryl methyl sites for hydroxylation is 1. The predicted octanol–water partition coefficient (Wildman–Crippen LogP) is 5.12. The molecule has 0 aromatic heterocycles. The first-order valence-electron chi connectivity index (χ1n) is 12.2. The molecular formula is C26H36ClN3O4S. The summed E-state index contributed by atoms with van der Waals surface area (Å²) in [6.45, 7) is 8.56. The molecule has 0 spiro atoms. The van der Waals surface area contributed by atoms with Crippen LogP contribution in [0, 0.1) is 11.8 Å². The number of sulfonamides is 1. The Hall–Kier alpha value is -2.29. The van der Waals surface area contributed by atoms with Crippen molar-refractivity contribution in [3.63, 3.8) is 0 Å². The molecule has 0 atom stereocenters. The first kappa shape index (κ1) is 27.3. The van der Waals surface area contributed by atoms with Crippen molar-refractivity contribution in [2.24, 2.45) is 11.8 Å². The number of hydrogen-bond donors (Lipinski definition) is 2. The second-order valence-corrected chi connectivity index (χ2v) is 11.4. The van der Waals surface area contributed by atoms with Crippen LogP contribution in [-0.4, -0.2) is 46.5 Å². The third-order valence-corrected chi connectivity index (χ3v) is 8.09. The summed E-state index contributed by atoms with van der Waals surface area (Å²) < 4.78 is 34.5. The lowest BCUT2D eigenvalue weighted by Gasteiger charge is -2.27. The van der Waals surface area contributed by atoms with Gasteiger partial charge in [-0.15, -0.1) is 11.6 Å². The number of carbonyl (C=O) groups excluding carboxylic acids is 1. The minimum absolute atomic E-state index is 0.110. The minimum Gasteiger partial charge on any atom is -0.383 e. The summed E-state index contributed by atoms with van der Waals surface area (Å²) in [4.78, 5) is 12.2. The van der Waals surface area contributed by atoms with Crippen molar-refractivity contribution in [2.75, 3.05) is 47.1 Å². The lowest BCUT2D eigenvalue weighted by Crippen LogP contribution is -2.34. The Bertz CT molecular complexity index is 1080. The number of halogens is 1. The highest BCUT2D eigenvalue weighted by molar-refractivity contribution is 7.92. The van der Waals surface area contributed by atoms with Gasteiger partial charge in [-0.05, 0) is 67.0 Å². The van der Waals surface area contributed by atoms with Gasteiger partial charge in [-0.1, -0.05) is 32.9 Å². The second kappa shape index (κ2) is 12.6. The van der Waals surface area contributed by atoms with Crippen LogP contribution >= 0.6 is 11.6 Å². The van der Waals surface area contributed by atoms with Crippen LogP contribution in [0.15, 0.2) is 47.4 Å². The number of carbonyl (C=O) groups is 1. The van der Waals surface area contributed by atoms with E-state index in [1.807, 2.05) is 38.1 Å². The Morgan fingerprint density at radius 2 is 1.80 bits per heavy atom. The smallest absolute Gasteiger partial charge is 0.264 e. The molecule has 0 saturated carbocycles. The largest absolute Gasteiger partial charge is 0.383 e. The van der Waals surface area contributed by atoms with Crippen LogP contribution in [0.1, 0.15) is 39.2 Å². The van der Waals surface area contributed by atoms with E-state index in [-0.39, 0.29) is 16.7 Å². The van der Waals surface area contributed by atoms with E-state index in [1.165, 1.54) is 10.4 Å². The van der Waals surface area contributed by atoms with Crippen molar-refractivity contribution < 1.29 is 17.9 Å². The van der Waals surface area contributed by atoms with E-state index in [0.717, 1.165) is 38.0 Å². The number of ether oxygens (including phenoxy) is 1. The van der Waals surface area contributed by atoms with E-state index < -0.39 is 15.9 Å². The summed E-state index contributed by atoms with van der Waals surface area (Å²) in [7, 11) is -3.88. The molecule has 1 amide bonds. The Labute approximate surface area is 214 Å². The predicted molar refractivity (Wildman–Crippen MR) is 143 cm³/mol. The molecule has 3 rings (SSSR count). The zero-order valence-corrected chi connectivity index (χ0v) is 22.3. The van der Waals surface area contributed by atoms with Crippen molar-refractivity contribution in [1.82, 2.24) is 0 Å². The molecule has 0 unspecified atom stereocenters. The lowest BCUT2D eigenvalue weighted by atomic mass is 10.0. The summed E-state index contributed by atoms with van der Waals surface area (Å²) in [6, 6.07) is 12.4. The normalized spacial score (nSPS) is 14.7. The van der Waals surface area contributed by atoms with Gasteiger partial charge in [0.1, 0.15) is 5.88 Å². The monoisotopic (exact) mass is 521 g/mol. The van der Waals surface area contributed by atoms with Gasteiger partial charge in [-0.3, -0.25) is 9.10 Å². The number of nitrogens with zero attached hydrogens (tertiary/aromatic N) is 1. The van der Waals surface area contributed by atoms with E-state index in [0.29, 0.717) is 36.1 Å². The van der Waals surface area contributed by atoms with Crippen LogP contribution < -0.4 is 14.9 Å². The van der Waals surface area contributed by atoms with Crippen molar-refractivity contribution in [2.45, 2.75) is 44.9 Å². The fourth-order valence-corrected chi connectivity index (χ4v) is 5.75. The molecule has 2 aromatic carbocycles. The molecule has 0 bridgehead atoms. The van der Waals surface area contributed by atoms with Gasteiger partial charge in [0.15, 0.2) is 0 Å². The maximum absolute atomic E-state index is 13.8. The summed E-state index contributed by atoms with van der Waals surface area (Å²) in [5, 5.41) is 6.13. The van der Waals surface area contributed by atoms with E-state index >= 15 is 0 Å². The molecule has 0 aliphatic carbocycles. The summed E-state index contributed by atoms with van der Waals surface area (Å²) in [5.74, 6) is -0.0491. The zero-order chi connectivity index (χ0) is 25.4. The molecule has 1 fully saturated rings. The first-order valence-corrected chi connectivity index (χ1v) is 14.1. The van der Waals surface area contributed by atoms with Gasteiger partial charge < -0.3 is 15.4 Å². The van der Waals surface area contributed by atoms with E-state index in [1.54, 1.807) is 12.1 Å². The standard InChI is InChI=1S/C26H36ClN3O4S/c1-4-20-5-7-22(8-6-20)30(18-19(2)3)35(32,33)23-9-10-24(25(15-23)29-26(31)16-27)28-17-21-11-13-34-14-12-21/h5-10,15,19,21,28H,4,11-14,16-18H2,1-3H3,(H,29,31). The number of hydrogen-bond acceptors (Lipinski definition) is 5. The fraction of sp³-hybridized carbons (Fsp3) is 0.500. The Morgan fingerprint density at radius 1 is 1.11 bits per heavy atom. The van der Waals surface area contributed by atoms with Gasteiger partial charge >= 0.3 is 0 Å². The highest BCUT2D eigenvalue weighted by atomic mass is 35.5. The molecule has 1 saturated heterocycles. The van der Waals surface area contributed by atoms with Crippen molar-refractivity contribution in [3.8, 4) is 0 Å². The number of alkyl halides is 1. The molecule has 9 heteroatoms. The van der Waals surface area contributed by atoms with Crippen LogP contribution in [0.2, 0.25) is 0 Å². The fourth-order valence-electron chi connectivity index (χ4n) is 4.03. The first-order chi connectivity index (χ1) is 16.7. The van der Waals surface area contributed by atoms with Gasteiger partial charge in [0.25, 0.3) is 10.0 Å². The van der Waals surface area contributed by atoms with Crippen LogP contribution in [-0.2, 0) is 26.0 Å². The molecule has 2 N–H and O–H groups in total. The molecule has 2 aromatic rings. The molecule has 35 heavy (non-hydrogen) atoms. The van der Waals surface area contributed by atoms with Crippen LogP contribution in [0.3, 0.4) is 0 Å².